The summed E-state index contributed by atoms with van der Waals surface area (Å²) in [6.45, 7) is 1.79. The highest BCUT2D eigenvalue weighted by atomic mass is 32.1. The van der Waals surface area contributed by atoms with Crippen molar-refractivity contribution in [3.63, 3.8) is 0 Å². The quantitative estimate of drug-likeness (QED) is 0.579. The minimum absolute atomic E-state index is 0.177. The largest absolute Gasteiger partial charge is 0.493 e. The van der Waals surface area contributed by atoms with Gasteiger partial charge in [0.1, 0.15) is 5.69 Å². The van der Waals surface area contributed by atoms with Crippen molar-refractivity contribution in [2.45, 2.75) is 6.92 Å². The summed E-state index contributed by atoms with van der Waals surface area (Å²) in [5.41, 5.74) is 5.29. The summed E-state index contributed by atoms with van der Waals surface area (Å²) < 4.78 is 1.73. The molecule has 4 rings (SSSR count). The van der Waals surface area contributed by atoms with E-state index in [1.165, 1.54) is 5.56 Å². The Hall–Kier alpha value is -2.40. The summed E-state index contributed by atoms with van der Waals surface area (Å²) in [6.07, 6.45) is 1.69. The van der Waals surface area contributed by atoms with E-state index in [0.717, 1.165) is 16.6 Å². The van der Waals surface area contributed by atoms with Crippen molar-refractivity contribution in [3.05, 3.63) is 46.9 Å². The van der Waals surface area contributed by atoms with E-state index in [1.807, 2.05) is 18.2 Å². The molecule has 98 valence electrons. The van der Waals surface area contributed by atoms with E-state index in [1.54, 1.807) is 28.9 Å². The molecule has 20 heavy (non-hydrogen) atoms. The highest BCUT2D eigenvalue weighted by Crippen LogP contribution is 2.28. The summed E-state index contributed by atoms with van der Waals surface area (Å²) in [6, 6.07) is 8.14. The molecule has 0 bridgehead atoms. The Morgan fingerprint density at radius 1 is 1.20 bits per heavy atom. The zero-order chi connectivity index (χ0) is 13.7. The van der Waals surface area contributed by atoms with Gasteiger partial charge in [0.15, 0.2) is 5.65 Å². The Kier molecular flexibility index (Phi) is 2.31. The van der Waals surface area contributed by atoms with Crippen molar-refractivity contribution < 1.29 is 5.11 Å². The fourth-order valence-electron chi connectivity index (χ4n) is 2.42. The molecule has 4 aromatic rings. The normalized spacial score (nSPS) is 11.4. The highest BCUT2D eigenvalue weighted by molar-refractivity contribution is 7.08. The zero-order valence-electron chi connectivity index (χ0n) is 10.7. The van der Waals surface area contributed by atoms with Crippen LogP contribution in [-0.2, 0) is 0 Å². The van der Waals surface area contributed by atoms with Gasteiger partial charge < -0.3 is 5.11 Å². The average molecular weight is 281 g/mol. The van der Waals surface area contributed by atoms with Crippen molar-refractivity contribution in [2.24, 2.45) is 0 Å². The highest BCUT2D eigenvalue weighted by Gasteiger charge is 2.11. The van der Waals surface area contributed by atoms with Gasteiger partial charge in [-0.05, 0) is 47.0 Å². The number of imidazole rings is 1. The van der Waals surface area contributed by atoms with Gasteiger partial charge in [0.25, 0.3) is 0 Å². The molecule has 0 saturated carbocycles. The lowest BCUT2D eigenvalue weighted by atomic mass is 10.1. The van der Waals surface area contributed by atoms with E-state index in [4.69, 9.17) is 0 Å². The number of nitrogens with zero attached hydrogens (tertiary/aromatic N) is 3. The number of hydrogen-bond acceptors (Lipinski definition) is 4. The van der Waals surface area contributed by atoms with Crippen LogP contribution >= 0.6 is 11.3 Å². The second-order valence-corrected chi connectivity index (χ2v) is 5.47. The maximum atomic E-state index is 10.1. The molecule has 0 aliphatic heterocycles. The van der Waals surface area contributed by atoms with Gasteiger partial charge in [-0.25, -0.2) is 4.98 Å². The lowest BCUT2D eigenvalue weighted by Gasteiger charge is -2.04. The van der Waals surface area contributed by atoms with E-state index in [2.05, 4.69) is 26.8 Å². The zero-order valence-corrected chi connectivity index (χ0v) is 11.6. The molecule has 0 saturated heterocycles. The lowest BCUT2D eigenvalue weighted by Crippen LogP contribution is -1.91. The van der Waals surface area contributed by atoms with Gasteiger partial charge in [0.05, 0.1) is 17.2 Å². The third-order valence-corrected chi connectivity index (χ3v) is 4.12. The summed E-state index contributed by atoms with van der Waals surface area (Å²) in [7, 11) is 0. The van der Waals surface area contributed by atoms with Gasteiger partial charge in [-0.1, -0.05) is 6.07 Å². The van der Waals surface area contributed by atoms with Crippen molar-refractivity contribution in [1.29, 1.82) is 0 Å². The van der Waals surface area contributed by atoms with Crippen LogP contribution in [0.4, 0.5) is 0 Å². The molecule has 5 heteroatoms. The summed E-state index contributed by atoms with van der Waals surface area (Å²) >= 11 is 1.67. The number of benzene rings is 1. The molecule has 3 heterocycles. The molecule has 3 aromatic heterocycles. The maximum absolute atomic E-state index is 10.1. The van der Waals surface area contributed by atoms with Gasteiger partial charge in [-0.2, -0.15) is 11.3 Å². The Morgan fingerprint density at radius 3 is 2.90 bits per heavy atom. The Balaban J connectivity index is 2.05. The monoisotopic (exact) mass is 281 g/mol. The van der Waals surface area contributed by atoms with Crippen LogP contribution in [0.1, 0.15) is 5.69 Å². The van der Waals surface area contributed by atoms with Gasteiger partial charge in [-0.3, -0.25) is 9.38 Å². The van der Waals surface area contributed by atoms with Gasteiger partial charge >= 0.3 is 0 Å². The van der Waals surface area contributed by atoms with Crippen LogP contribution in [0, 0.1) is 6.92 Å². The van der Waals surface area contributed by atoms with Crippen molar-refractivity contribution in [2.75, 3.05) is 0 Å². The van der Waals surface area contributed by atoms with E-state index in [9.17, 15) is 5.11 Å². The fourth-order valence-corrected chi connectivity index (χ4v) is 3.08. The predicted molar refractivity (Wildman–Crippen MR) is 80.2 cm³/mol. The molecular weight excluding hydrogens is 270 g/mol. The number of fused-ring (bicyclic) bond motifs is 3. The molecule has 0 fully saturated rings. The smallest absolute Gasteiger partial charge is 0.219 e. The minimum Gasteiger partial charge on any atom is -0.493 e. The number of aromatic nitrogens is 3. The SMILES string of the molecule is Cc1nc2cnc3cc(-c4ccsc4)ccc3n2c1O. The third kappa shape index (κ3) is 1.53. The van der Waals surface area contributed by atoms with Crippen LogP contribution < -0.4 is 0 Å². The van der Waals surface area contributed by atoms with Gasteiger partial charge in [0.2, 0.25) is 5.88 Å². The van der Waals surface area contributed by atoms with E-state index < -0.39 is 0 Å². The number of thiophene rings is 1. The van der Waals surface area contributed by atoms with Crippen LogP contribution in [-0.4, -0.2) is 19.5 Å². The second kappa shape index (κ2) is 4.05. The minimum atomic E-state index is 0.177. The molecule has 0 spiro atoms. The summed E-state index contributed by atoms with van der Waals surface area (Å²) in [4.78, 5) is 8.73. The standard InChI is InChI=1S/C15H11N3OS/c1-9-15(19)18-13-3-2-10(11-4-5-20-8-11)6-12(13)16-7-14(18)17-9/h2-8,19H,1H3. The molecular formula is C15H11N3OS. The van der Waals surface area contributed by atoms with Crippen LogP contribution in [0.3, 0.4) is 0 Å². The first-order valence-corrected chi connectivity index (χ1v) is 7.18. The molecule has 0 unspecified atom stereocenters. The molecule has 1 aromatic carbocycles. The third-order valence-electron chi connectivity index (χ3n) is 3.44. The molecule has 0 aliphatic carbocycles. The topological polar surface area (TPSA) is 50.4 Å². The van der Waals surface area contributed by atoms with E-state index in [0.29, 0.717) is 11.3 Å². The van der Waals surface area contributed by atoms with Crippen LogP contribution in [0.15, 0.2) is 41.2 Å². The number of rotatable bonds is 1. The average Bonchev–Trinajstić information content (AvgIpc) is 3.08. The molecule has 0 amide bonds. The fraction of sp³-hybridized carbons (Fsp3) is 0.0667. The van der Waals surface area contributed by atoms with E-state index in [-0.39, 0.29) is 5.88 Å². The number of aryl methyl sites for hydroxylation is 1. The Labute approximate surface area is 119 Å². The Morgan fingerprint density at radius 2 is 2.10 bits per heavy atom. The van der Waals surface area contributed by atoms with Crippen LogP contribution in [0.2, 0.25) is 0 Å². The maximum Gasteiger partial charge on any atom is 0.219 e. The molecule has 1 N–H and O–H groups in total. The van der Waals surface area contributed by atoms with E-state index >= 15 is 0 Å². The Bertz CT molecular complexity index is 925. The summed E-state index contributed by atoms with van der Waals surface area (Å²) in [5.74, 6) is 0.177. The molecule has 0 atom stereocenters. The predicted octanol–water partition coefficient (Wildman–Crippen LogP) is 3.63. The first kappa shape index (κ1) is 11.4. The first-order chi connectivity index (χ1) is 9.74. The van der Waals surface area contributed by atoms with Crippen LogP contribution in [0.5, 0.6) is 5.88 Å². The second-order valence-electron chi connectivity index (χ2n) is 4.69. The molecule has 0 aliphatic rings. The van der Waals surface area contributed by atoms with Crippen molar-refractivity contribution in [3.8, 4) is 17.0 Å². The first-order valence-electron chi connectivity index (χ1n) is 6.23. The van der Waals surface area contributed by atoms with Gasteiger partial charge in [0, 0.05) is 0 Å². The van der Waals surface area contributed by atoms with Crippen molar-refractivity contribution >= 4 is 28.0 Å². The lowest BCUT2D eigenvalue weighted by molar-refractivity contribution is 0.446. The van der Waals surface area contributed by atoms with Crippen LogP contribution in [0.25, 0.3) is 27.8 Å². The number of aromatic hydroxyl groups is 1. The number of hydrogen-bond donors (Lipinski definition) is 1. The molecule has 0 radical (unpaired) electrons. The summed E-state index contributed by atoms with van der Waals surface area (Å²) in [5, 5.41) is 14.3. The molecule has 4 nitrogen and oxygen atoms in total. The van der Waals surface area contributed by atoms with Crippen molar-refractivity contribution in [1.82, 2.24) is 14.4 Å². The van der Waals surface area contributed by atoms with Gasteiger partial charge in [-0.15, -0.1) is 0 Å².